The molecule has 1 unspecified atom stereocenters. The van der Waals surface area contributed by atoms with Crippen LogP contribution in [0.1, 0.15) is 62.2 Å². The molecule has 3 saturated heterocycles. The van der Waals surface area contributed by atoms with Crippen LogP contribution in [-0.4, -0.2) is 95.0 Å². The first-order valence-electron chi connectivity index (χ1n) is 15.4. The smallest absolute Gasteiger partial charge is 0.280 e. The molecule has 6 rings (SSSR count). The van der Waals surface area contributed by atoms with Crippen LogP contribution < -0.4 is 9.80 Å². The van der Waals surface area contributed by atoms with E-state index in [2.05, 4.69) is 49.0 Å². The number of piperazine rings is 1. The number of anilines is 2. The minimum absolute atomic E-state index is 0.0214. The van der Waals surface area contributed by atoms with Crippen LogP contribution in [0, 0.1) is 6.92 Å². The molecule has 0 aliphatic carbocycles. The molecule has 6 heterocycles. The van der Waals surface area contributed by atoms with Gasteiger partial charge in [-0.1, -0.05) is 19.9 Å². The van der Waals surface area contributed by atoms with Gasteiger partial charge in [0.15, 0.2) is 0 Å². The van der Waals surface area contributed by atoms with Crippen LogP contribution in [0.3, 0.4) is 0 Å². The van der Waals surface area contributed by atoms with Gasteiger partial charge in [0.2, 0.25) is 5.91 Å². The minimum atomic E-state index is -2.63. The summed E-state index contributed by atoms with van der Waals surface area (Å²) in [5.41, 5.74) is 3.19. The lowest BCUT2D eigenvalue weighted by molar-refractivity contribution is -0.136. The highest BCUT2D eigenvalue weighted by Gasteiger charge is 2.45. The van der Waals surface area contributed by atoms with E-state index >= 15 is 0 Å². The highest BCUT2D eigenvalue weighted by molar-refractivity contribution is 5.87. The fourth-order valence-electron chi connectivity index (χ4n) is 7.26. The Kier molecular flexibility index (Phi) is 7.99. The van der Waals surface area contributed by atoms with Crippen molar-refractivity contribution >= 4 is 17.4 Å². The second-order valence-corrected chi connectivity index (χ2v) is 12.3. The summed E-state index contributed by atoms with van der Waals surface area (Å²) in [5.74, 6) is 0.607. The minimum Gasteiger partial charge on any atom is -0.368 e. The number of piperidine rings is 1. The fourth-order valence-corrected chi connectivity index (χ4v) is 7.26. The van der Waals surface area contributed by atoms with Crippen LogP contribution in [-0.2, 0) is 28.1 Å². The molecule has 4 aliphatic rings. The highest BCUT2D eigenvalue weighted by Crippen LogP contribution is 2.43. The molecule has 2 aromatic rings. The highest BCUT2D eigenvalue weighted by atomic mass is 19.3. The maximum atomic E-state index is 14.5. The van der Waals surface area contributed by atoms with Crippen LogP contribution in [0.15, 0.2) is 24.8 Å². The standard InChI is InChI=1S/C31H43F2N7O2/c1-5-7-24-25(39-19-23(20-39)36-12-14-38(15-13-36)28(41)6-2)17-27(34-29(24)30(32)33)37-10-8-31(9-11-37)26-16-21(3)35-40(26)18-22(4)42-31/h6,16-17,22-23,30H,2,5,7-15,18-20H2,1,3-4H3. The average Bonchev–Trinajstić information content (AvgIpc) is 3.34. The predicted molar refractivity (Wildman–Crippen MR) is 158 cm³/mol. The van der Waals surface area contributed by atoms with Crippen LogP contribution in [0.5, 0.6) is 0 Å². The molecule has 9 nitrogen and oxygen atoms in total. The number of aromatic nitrogens is 3. The molecular weight excluding hydrogens is 540 g/mol. The number of hydrogen-bond acceptors (Lipinski definition) is 7. The van der Waals surface area contributed by atoms with Gasteiger partial charge in [-0.25, -0.2) is 13.8 Å². The van der Waals surface area contributed by atoms with E-state index in [1.165, 1.54) is 6.08 Å². The zero-order chi connectivity index (χ0) is 29.6. The summed E-state index contributed by atoms with van der Waals surface area (Å²) in [6, 6.07) is 4.52. The second-order valence-electron chi connectivity index (χ2n) is 12.3. The third-order valence-electron chi connectivity index (χ3n) is 9.47. The van der Waals surface area contributed by atoms with Crippen LogP contribution >= 0.6 is 0 Å². The molecular formula is C31H43F2N7O2. The molecule has 4 aliphatic heterocycles. The summed E-state index contributed by atoms with van der Waals surface area (Å²) in [6.07, 6.45) is 1.67. The predicted octanol–water partition coefficient (Wildman–Crippen LogP) is 3.91. The number of carbonyl (C=O) groups excluding carboxylic acids is 1. The number of ether oxygens (including phenoxy) is 1. The van der Waals surface area contributed by atoms with Gasteiger partial charge in [0, 0.05) is 75.7 Å². The van der Waals surface area contributed by atoms with E-state index in [-0.39, 0.29) is 17.7 Å². The van der Waals surface area contributed by atoms with Crippen LogP contribution in [0.2, 0.25) is 0 Å². The number of amides is 1. The van der Waals surface area contributed by atoms with Gasteiger partial charge >= 0.3 is 0 Å². The van der Waals surface area contributed by atoms with E-state index in [0.717, 1.165) is 69.1 Å². The Morgan fingerprint density at radius 2 is 1.83 bits per heavy atom. The third-order valence-corrected chi connectivity index (χ3v) is 9.47. The number of pyridine rings is 1. The summed E-state index contributed by atoms with van der Waals surface area (Å²) in [6.45, 7) is 16.4. The summed E-state index contributed by atoms with van der Waals surface area (Å²) in [7, 11) is 0. The van der Waals surface area contributed by atoms with Gasteiger partial charge in [-0.3, -0.25) is 14.4 Å². The lowest BCUT2D eigenvalue weighted by atomic mass is 9.86. The lowest BCUT2D eigenvalue weighted by Crippen LogP contribution is -2.63. The van der Waals surface area contributed by atoms with E-state index in [0.29, 0.717) is 50.0 Å². The monoisotopic (exact) mass is 583 g/mol. The number of hydrogen-bond donors (Lipinski definition) is 0. The zero-order valence-electron chi connectivity index (χ0n) is 25.1. The van der Waals surface area contributed by atoms with Crippen molar-refractivity contribution in [1.82, 2.24) is 24.6 Å². The number of carbonyl (C=O) groups is 1. The quantitative estimate of drug-likeness (QED) is 0.458. The third kappa shape index (κ3) is 5.30. The van der Waals surface area contributed by atoms with Crippen LogP contribution in [0.25, 0.3) is 0 Å². The van der Waals surface area contributed by atoms with Crippen molar-refractivity contribution in [3.63, 3.8) is 0 Å². The Morgan fingerprint density at radius 1 is 1.12 bits per heavy atom. The molecule has 0 bridgehead atoms. The van der Waals surface area contributed by atoms with Gasteiger partial charge in [-0.15, -0.1) is 0 Å². The first-order chi connectivity index (χ1) is 20.2. The van der Waals surface area contributed by atoms with E-state index in [4.69, 9.17) is 4.74 Å². The van der Waals surface area contributed by atoms with Crippen molar-refractivity contribution in [1.29, 1.82) is 0 Å². The van der Waals surface area contributed by atoms with Gasteiger partial charge in [0.25, 0.3) is 6.43 Å². The molecule has 1 amide bonds. The van der Waals surface area contributed by atoms with E-state index in [1.807, 2.05) is 24.8 Å². The van der Waals surface area contributed by atoms with Gasteiger partial charge in [-0.2, -0.15) is 5.10 Å². The Balaban J connectivity index is 1.20. The molecule has 2 aromatic heterocycles. The summed E-state index contributed by atoms with van der Waals surface area (Å²) < 4.78 is 37.6. The number of alkyl halides is 2. The van der Waals surface area contributed by atoms with E-state index < -0.39 is 12.0 Å². The summed E-state index contributed by atoms with van der Waals surface area (Å²) in [5, 5.41) is 4.69. The molecule has 11 heteroatoms. The zero-order valence-corrected chi connectivity index (χ0v) is 25.1. The van der Waals surface area contributed by atoms with Crippen molar-refractivity contribution in [3.8, 4) is 0 Å². The van der Waals surface area contributed by atoms with Gasteiger partial charge in [-0.05, 0) is 45.3 Å². The van der Waals surface area contributed by atoms with E-state index in [1.54, 1.807) is 0 Å². The van der Waals surface area contributed by atoms with E-state index in [9.17, 15) is 13.6 Å². The summed E-state index contributed by atoms with van der Waals surface area (Å²) in [4.78, 5) is 25.2. The van der Waals surface area contributed by atoms with Gasteiger partial charge < -0.3 is 19.4 Å². The van der Waals surface area contributed by atoms with Crippen molar-refractivity contribution in [2.24, 2.45) is 0 Å². The number of halogens is 2. The summed E-state index contributed by atoms with van der Waals surface area (Å²) >= 11 is 0. The Morgan fingerprint density at radius 3 is 2.48 bits per heavy atom. The maximum absolute atomic E-state index is 14.5. The SMILES string of the molecule is C=CC(=O)N1CCN(C2CN(c3cc(N4CCC5(CC4)OC(C)Cn4nc(C)cc45)nc(C(F)F)c3CCC)C2)CC1. The van der Waals surface area contributed by atoms with Gasteiger partial charge in [0.05, 0.1) is 24.0 Å². The number of rotatable bonds is 7. The van der Waals surface area contributed by atoms with Crippen molar-refractivity contribution in [3.05, 3.63) is 47.4 Å². The number of nitrogens with zero attached hydrogens (tertiary/aromatic N) is 7. The second kappa shape index (κ2) is 11.6. The average molecular weight is 584 g/mol. The molecule has 1 atom stereocenters. The Labute approximate surface area is 247 Å². The first-order valence-corrected chi connectivity index (χ1v) is 15.4. The van der Waals surface area contributed by atoms with Gasteiger partial charge in [0.1, 0.15) is 17.1 Å². The number of fused-ring (bicyclic) bond motifs is 2. The Hall–Kier alpha value is -3.05. The normalized spacial score (nSPS) is 22.9. The van der Waals surface area contributed by atoms with Crippen molar-refractivity contribution < 1.29 is 18.3 Å². The number of aryl methyl sites for hydroxylation is 1. The first kappa shape index (κ1) is 29.0. The molecule has 0 saturated carbocycles. The van der Waals surface area contributed by atoms with Crippen LogP contribution in [0.4, 0.5) is 20.3 Å². The van der Waals surface area contributed by atoms with Crippen molar-refractivity contribution in [2.45, 2.75) is 77.2 Å². The lowest BCUT2D eigenvalue weighted by Gasteiger charge is -2.50. The molecule has 1 spiro atoms. The van der Waals surface area contributed by atoms with Crippen molar-refractivity contribution in [2.75, 3.05) is 62.2 Å². The molecule has 42 heavy (non-hydrogen) atoms. The molecule has 0 aromatic carbocycles. The Bertz CT molecular complexity index is 1310. The topological polar surface area (TPSA) is 70.0 Å². The molecule has 3 fully saturated rings. The fraction of sp³-hybridized carbons (Fsp3) is 0.645. The molecule has 0 radical (unpaired) electrons. The largest absolute Gasteiger partial charge is 0.368 e. The maximum Gasteiger partial charge on any atom is 0.280 e. The molecule has 0 N–H and O–H groups in total. The molecule has 228 valence electrons.